The first-order valence-electron chi connectivity index (χ1n) is 6.19. The molecule has 0 spiro atoms. The number of hydrogen-bond donors (Lipinski definition) is 2. The van der Waals surface area contributed by atoms with Crippen molar-refractivity contribution in [2.24, 2.45) is 0 Å². The van der Waals surface area contributed by atoms with Crippen LogP contribution in [0.5, 0.6) is 5.75 Å². The molecular formula is C13H15BN2O4. The van der Waals surface area contributed by atoms with E-state index >= 15 is 0 Å². The van der Waals surface area contributed by atoms with Gasteiger partial charge >= 0.3 is 7.12 Å². The van der Waals surface area contributed by atoms with Gasteiger partial charge in [-0.2, -0.15) is 5.10 Å². The van der Waals surface area contributed by atoms with Gasteiger partial charge in [-0.1, -0.05) is 12.1 Å². The van der Waals surface area contributed by atoms with Gasteiger partial charge in [0, 0.05) is 6.07 Å². The van der Waals surface area contributed by atoms with Crippen LogP contribution in [-0.2, 0) is 6.54 Å². The second-order valence-corrected chi connectivity index (χ2v) is 4.39. The van der Waals surface area contributed by atoms with E-state index in [1.54, 1.807) is 30.5 Å². The third-order valence-electron chi connectivity index (χ3n) is 2.76. The average Bonchev–Trinajstić information content (AvgIpc) is 2.42. The van der Waals surface area contributed by atoms with Crippen molar-refractivity contribution in [3.8, 4) is 5.75 Å². The Kier molecular flexibility index (Phi) is 4.55. The van der Waals surface area contributed by atoms with Crippen LogP contribution in [0.25, 0.3) is 0 Å². The molecule has 0 atom stereocenters. The molecule has 0 aliphatic rings. The zero-order valence-corrected chi connectivity index (χ0v) is 11.1. The Hall–Kier alpha value is -2.12. The van der Waals surface area contributed by atoms with Crippen LogP contribution in [-0.4, -0.2) is 33.6 Å². The summed E-state index contributed by atoms with van der Waals surface area (Å²) in [6.07, 6.45) is 1.62. The molecule has 0 amide bonds. The summed E-state index contributed by atoms with van der Waals surface area (Å²) in [6, 6.07) is 7.93. The summed E-state index contributed by atoms with van der Waals surface area (Å²) in [5.74, 6) is 0.592. The molecule has 1 aromatic carbocycles. The molecule has 0 unspecified atom stereocenters. The Bertz CT molecular complexity index is 625. The summed E-state index contributed by atoms with van der Waals surface area (Å²) in [5, 5.41) is 21.9. The normalized spacial score (nSPS) is 10.3. The molecule has 2 aromatic rings. The van der Waals surface area contributed by atoms with Gasteiger partial charge in [0.25, 0.3) is 5.56 Å². The highest BCUT2D eigenvalue weighted by molar-refractivity contribution is 6.58. The zero-order valence-electron chi connectivity index (χ0n) is 11.1. The smallest absolute Gasteiger partial charge is 0.488 e. The maximum Gasteiger partial charge on any atom is 0.488 e. The van der Waals surface area contributed by atoms with Crippen LogP contribution in [0.3, 0.4) is 0 Å². The third kappa shape index (κ3) is 3.69. The van der Waals surface area contributed by atoms with Crippen molar-refractivity contribution in [1.29, 1.82) is 0 Å². The third-order valence-corrected chi connectivity index (χ3v) is 2.76. The molecule has 0 saturated carbocycles. The Morgan fingerprint density at radius 3 is 2.60 bits per heavy atom. The monoisotopic (exact) mass is 274 g/mol. The molecule has 6 nitrogen and oxygen atoms in total. The van der Waals surface area contributed by atoms with Gasteiger partial charge in [-0.3, -0.25) is 4.79 Å². The molecule has 0 fully saturated rings. The van der Waals surface area contributed by atoms with Crippen LogP contribution < -0.4 is 15.8 Å². The molecule has 20 heavy (non-hydrogen) atoms. The molecule has 0 saturated heterocycles. The number of benzene rings is 1. The topological polar surface area (TPSA) is 84.6 Å². The number of ether oxygens (including phenoxy) is 1. The van der Waals surface area contributed by atoms with Crippen LogP contribution in [0.1, 0.15) is 5.56 Å². The first-order chi connectivity index (χ1) is 9.56. The van der Waals surface area contributed by atoms with Gasteiger partial charge in [-0.05, 0) is 30.1 Å². The Labute approximate surface area is 116 Å². The summed E-state index contributed by atoms with van der Waals surface area (Å²) in [7, 11) is -1.49. The molecular weight excluding hydrogens is 259 g/mol. The predicted octanol–water partition coefficient (Wildman–Crippen LogP) is -0.689. The van der Waals surface area contributed by atoms with E-state index in [0.29, 0.717) is 24.4 Å². The Morgan fingerprint density at radius 1 is 1.30 bits per heavy atom. The van der Waals surface area contributed by atoms with Gasteiger partial charge in [-0.15, -0.1) is 0 Å². The van der Waals surface area contributed by atoms with Crippen molar-refractivity contribution in [3.05, 3.63) is 52.4 Å². The van der Waals surface area contributed by atoms with Crippen LogP contribution in [0.4, 0.5) is 0 Å². The van der Waals surface area contributed by atoms with E-state index in [1.165, 1.54) is 10.7 Å². The minimum Gasteiger partial charge on any atom is -0.492 e. The highest BCUT2D eigenvalue weighted by Crippen LogP contribution is 2.07. The van der Waals surface area contributed by atoms with E-state index in [0.717, 1.165) is 5.56 Å². The minimum absolute atomic E-state index is 0.160. The summed E-state index contributed by atoms with van der Waals surface area (Å²) in [4.78, 5) is 11.6. The number of hydrogen-bond acceptors (Lipinski definition) is 5. The van der Waals surface area contributed by atoms with Gasteiger partial charge in [0.05, 0.1) is 12.7 Å². The first kappa shape index (κ1) is 14.3. The predicted molar refractivity (Wildman–Crippen MR) is 75.0 cm³/mol. The fourth-order valence-electron chi connectivity index (χ4n) is 1.68. The largest absolute Gasteiger partial charge is 0.492 e. The number of nitrogens with zero attached hydrogens (tertiary/aromatic N) is 2. The van der Waals surface area contributed by atoms with E-state index in [9.17, 15) is 4.79 Å². The molecule has 2 N–H and O–H groups in total. The van der Waals surface area contributed by atoms with Crippen molar-refractivity contribution in [1.82, 2.24) is 9.78 Å². The zero-order chi connectivity index (χ0) is 14.5. The molecule has 0 bridgehead atoms. The van der Waals surface area contributed by atoms with Gasteiger partial charge in [0.15, 0.2) is 0 Å². The van der Waals surface area contributed by atoms with E-state index in [4.69, 9.17) is 14.8 Å². The fraction of sp³-hybridized carbons (Fsp3) is 0.231. The summed E-state index contributed by atoms with van der Waals surface area (Å²) in [5.41, 5.74) is 1.06. The quantitative estimate of drug-likeness (QED) is 0.705. The second kappa shape index (κ2) is 6.36. The summed E-state index contributed by atoms with van der Waals surface area (Å²) >= 11 is 0. The van der Waals surface area contributed by atoms with Gasteiger partial charge in [0.2, 0.25) is 0 Å². The van der Waals surface area contributed by atoms with Crippen molar-refractivity contribution < 1.29 is 14.8 Å². The van der Waals surface area contributed by atoms with Crippen LogP contribution in [0.15, 0.2) is 41.3 Å². The van der Waals surface area contributed by atoms with Crippen molar-refractivity contribution in [2.45, 2.75) is 13.5 Å². The van der Waals surface area contributed by atoms with Crippen molar-refractivity contribution in [3.63, 3.8) is 0 Å². The molecule has 104 valence electrons. The maximum absolute atomic E-state index is 11.6. The van der Waals surface area contributed by atoms with Gasteiger partial charge in [-0.25, -0.2) is 4.68 Å². The molecule has 1 aromatic heterocycles. The van der Waals surface area contributed by atoms with E-state index < -0.39 is 7.12 Å². The maximum atomic E-state index is 11.6. The SMILES string of the molecule is Cc1cnn(CCOc2ccc(B(O)O)cc2)c(=O)c1. The summed E-state index contributed by atoms with van der Waals surface area (Å²) in [6.45, 7) is 2.47. The lowest BCUT2D eigenvalue weighted by Gasteiger charge is -2.08. The van der Waals surface area contributed by atoms with Crippen LogP contribution >= 0.6 is 0 Å². The van der Waals surface area contributed by atoms with Crippen molar-refractivity contribution in [2.75, 3.05) is 6.61 Å². The molecule has 7 heteroatoms. The van der Waals surface area contributed by atoms with Crippen molar-refractivity contribution >= 4 is 12.6 Å². The lowest BCUT2D eigenvalue weighted by Crippen LogP contribution is -2.29. The molecule has 0 aliphatic carbocycles. The standard InChI is InChI=1S/C13H15BN2O4/c1-10-8-13(17)16(15-9-10)6-7-20-12-4-2-11(3-5-12)14(18)19/h2-5,8-9,18-19H,6-7H2,1H3. The number of rotatable bonds is 5. The highest BCUT2D eigenvalue weighted by Gasteiger charge is 2.09. The van der Waals surface area contributed by atoms with E-state index in [-0.39, 0.29) is 5.56 Å². The number of aromatic nitrogens is 2. The molecule has 2 rings (SSSR count). The molecule has 0 radical (unpaired) electrons. The highest BCUT2D eigenvalue weighted by atomic mass is 16.5. The molecule has 1 heterocycles. The first-order valence-corrected chi connectivity index (χ1v) is 6.19. The second-order valence-electron chi connectivity index (χ2n) is 4.39. The van der Waals surface area contributed by atoms with E-state index in [1.807, 2.05) is 6.92 Å². The van der Waals surface area contributed by atoms with Gasteiger partial charge in [0.1, 0.15) is 12.4 Å². The Balaban J connectivity index is 1.91. The lowest BCUT2D eigenvalue weighted by molar-refractivity contribution is 0.287. The van der Waals surface area contributed by atoms with Gasteiger partial charge < -0.3 is 14.8 Å². The fourth-order valence-corrected chi connectivity index (χ4v) is 1.68. The van der Waals surface area contributed by atoms with E-state index in [2.05, 4.69) is 5.10 Å². The summed E-state index contributed by atoms with van der Waals surface area (Å²) < 4.78 is 6.80. The molecule has 0 aliphatic heterocycles. The number of aryl methyl sites for hydroxylation is 1. The Morgan fingerprint density at radius 2 is 2.00 bits per heavy atom. The average molecular weight is 274 g/mol. The van der Waals surface area contributed by atoms with Crippen LogP contribution in [0, 0.1) is 6.92 Å². The van der Waals surface area contributed by atoms with Crippen LogP contribution in [0.2, 0.25) is 0 Å². The minimum atomic E-state index is -1.49. The lowest BCUT2D eigenvalue weighted by atomic mass is 9.80.